The summed E-state index contributed by atoms with van der Waals surface area (Å²) in [5.41, 5.74) is 3.72. The van der Waals surface area contributed by atoms with E-state index in [1.54, 1.807) is 0 Å². The molecule has 0 saturated carbocycles. The number of nitrogens with one attached hydrogen (secondary N) is 3. The van der Waals surface area contributed by atoms with Crippen molar-refractivity contribution in [2.45, 2.75) is 0 Å². The molecule has 0 atom stereocenters. The lowest BCUT2D eigenvalue weighted by Crippen LogP contribution is -2.26. The Hall–Kier alpha value is -1.93. The molecule has 0 unspecified atom stereocenters. The van der Waals surface area contributed by atoms with E-state index >= 15 is 0 Å². The topological polar surface area (TPSA) is 96.8 Å². The normalized spacial score (nSPS) is 10.1. The number of hydrogen-bond donors (Lipinski definition) is 6. The first-order valence-corrected chi connectivity index (χ1v) is 8.06. The Bertz CT molecular complexity index is 497. The largest absolute Gasteiger partial charge is 0.395 e. The molecule has 0 aromatic heterocycles. The van der Waals surface area contributed by atoms with Crippen LogP contribution in [-0.2, 0) is 0 Å². The SMILES string of the molecule is C=C(NCCO)c1cc(C(=C)NCCO)cc(C(=S)NCCO)c1. The minimum atomic E-state index is -0.0117. The lowest BCUT2D eigenvalue weighted by Gasteiger charge is -2.16. The van der Waals surface area contributed by atoms with Crippen LogP contribution in [0.2, 0.25) is 0 Å². The maximum absolute atomic E-state index is 8.94. The molecular weight excluding hydrogens is 326 g/mol. The van der Waals surface area contributed by atoms with Crippen molar-refractivity contribution in [3.05, 3.63) is 48.0 Å². The van der Waals surface area contributed by atoms with Crippen molar-refractivity contribution in [3.63, 3.8) is 0 Å². The van der Waals surface area contributed by atoms with Gasteiger partial charge in [-0.3, -0.25) is 0 Å². The van der Waals surface area contributed by atoms with Gasteiger partial charge in [0.2, 0.25) is 0 Å². The number of aliphatic hydroxyl groups is 3. The molecule has 0 bridgehead atoms. The first-order valence-electron chi connectivity index (χ1n) is 7.65. The van der Waals surface area contributed by atoms with Crippen LogP contribution < -0.4 is 16.0 Å². The Morgan fingerprint density at radius 2 is 1.12 bits per heavy atom. The van der Waals surface area contributed by atoms with E-state index in [0.29, 0.717) is 36.0 Å². The molecule has 0 fully saturated rings. The van der Waals surface area contributed by atoms with E-state index in [2.05, 4.69) is 29.1 Å². The van der Waals surface area contributed by atoms with Gasteiger partial charge < -0.3 is 31.3 Å². The third kappa shape index (κ3) is 6.29. The van der Waals surface area contributed by atoms with Gasteiger partial charge in [0.05, 0.1) is 19.8 Å². The minimum absolute atomic E-state index is 0.00675. The number of hydrogen-bond acceptors (Lipinski definition) is 6. The van der Waals surface area contributed by atoms with Crippen LogP contribution >= 0.6 is 12.2 Å². The predicted octanol–water partition coefficient (Wildman–Crippen LogP) is 0.0492. The first-order chi connectivity index (χ1) is 11.5. The van der Waals surface area contributed by atoms with Gasteiger partial charge in [0.1, 0.15) is 4.99 Å². The van der Waals surface area contributed by atoms with Crippen LogP contribution in [0.25, 0.3) is 11.4 Å². The maximum Gasteiger partial charge on any atom is 0.106 e. The second kappa shape index (κ2) is 10.8. The van der Waals surface area contributed by atoms with Gasteiger partial charge in [0.25, 0.3) is 0 Å². The summed E-state index contributed by atoms with van der Waals surface area (Å²) in [5.74, 6) is 0. The summed E-state index contributed by atoms with van der Waals surface area (Å²) in [5, 5.41) is 35.8. The second-order valence-corrected chi connectivity index (χ2v) is 5.44. The van der Waals surface area contributed by atoms with E-state index < -0.39 is 0 Å². The van der Waals surface area contributed by atoms with Crippen molar-refractivity contribution >= 4 is 28.6 Å². The van der Waals surface area contributed by atoms with E-state index in [-0.39, 0.29) is 19.8 Å². The molecule has 0 saturated heterocycles. The van der Waals surface area contributed by atoms with Crippen molar-refractivity contribution in [2.75, 3.05) is 39.5 Å². The van der Waals surface area contributed by atoms with Gasteiger partial charge in [-0.15, -0.1) is 0 Å². The molecule has 6 nitrogen and oxygen atoms in total. The molecule has 0 radical (unpaired) electrons. The maximum atomic E-state index is 8.94. The van der Waals surface area contributed by atoms with Crippen LogP contribution in [0, 0.1) is 0 Å². The van der Waals surface area contributed by atoms with E-state index in [4.69, 9.17) is 27.5 Å². The highest BCUT2D eigenvalue weighted by Crippen LogP contribution is 2.20. The molecule has 1 rings (SSSR count). The Morgan fingerprint density at radius 3 is 1.54 bits per heavy atom. The Kier molecular flexibility index (Phi) is 9.03. The van der Waals surface area contributed by atoms with Crippen molar-refractivity contribution < 1.29 is 15.3 Å². The van der Waals surface area contributed by atoms with Crippen molar-refractivity contribution in [3.8, 4) is 0 Å². The van der Waals surface area contributed by atoms with E-state index in [1.807, 2.05) is 18.2 Å². The van der Waals surface area contributed by atoms with Gasteiger partial charge in [0.15, 0.2) is 0 Å². The molecular formula is C17H25N3O3S. The molecule has 7 heteroatoms. The summed E-state index contributed by atoms with van der Waals surface area (Å²) in [6, 6.07) is 5.65. The molecule has 0 aliphatic rings. The standard InChI is InChI=1S/C17H25N3O3S/c1-12(18-3-6-21)14-9-15(13(2)19-4-7-22)11-16(10-14)17(24)20-5-8-23/h9-11,18-19,21-23H,1-8H2,(H,20,24). The highest BCUT2D eigenvalue weighted by atomic mass is 32.1. The van der Waals surface area contributed by atoms with Crippen LogP contribution in [0.3, 0.4) is 0 Å². The summed E-state index contributed by atoms with van der Waals surface area (Å²) in [7, 11) is 0. The third-order valence-corrected chi connectivity index (χ3v) is 3.57. The zero-order chi connectivity index (χ0) is 17.9. The number of benzene rings is 1. The van der Waals surface area contributed by atoms with Gasteiger partial charge in [-0.25, -0.2) is 0 Å². The van der Waals surface area contributed by atoms with Gasteiger partial charge in [-0.1, -0.05) is 25.4 Å². The molecule has 0 aliphatic carbocycles. The quantitative estimate of drug-likeness (QED) is 0.314. The highest BCUT2D eigenvalue weighted by molar-refractivity contribution is 7.80. The zero-order valence-electron chi connectivity index (χ0n) is 13.6. The van der Waals surface area contributed by atoms with Crippen LogP contribution in [-0.4, -0.2) is 59.8 Å². The van der Waals surface area contributed by atoms with Crippen LogP contribution in [0.15, 0.2) is 31.4 Å². The molecule has 24 heavy (non-hydrogen) atoms. The molecule has 1 aromatic rings. The van der Waals surface area contributed by atoms with Crippen molar-refractivity contribution in [1.29, 1.82) is 0 Å². The molecule has 0 spiro atoms. The lowest BCUT2D eigenvalue weighted by atomic mass is 10.0. The van der Waals surface area contributed by atoms with Crippen molar-refractivity contribution in [1.82, 2.24) is 16.0 Å². The third-order valence-electron chi connectivity index (χ3n) is 3.19. The summed E-state index contributed by atoms with van der Waals surface area (Å²) >= 11 is 5.35. The summed E-state index contributed by atoms with van der Waals surface area (Å²) in [4.78, 5) is 0.511. The average Bonchev–Trinajstić information content (AvgIpc) is 2.61. The molecule has 1 aromatic carbocycles. The van der Waals surface area contributed by atoms with Gasteiger partial charge in [-0.2, -0.15) is 0 Å². The first kappa shape index (κ1) is 20.1. The molecule has 132 valence electrons. The monoisotopic (exact) mass is 351 g/mol. The summed E-state index contributed by atoms with van der Waals surface area (Å²) in [6.45, 7) is 9.11. The fourth-order valence-corrected chi connectivity index (χ4v) is 2.22. The van der Waals surface area contributed by atoms with Gasteiger partial charge in [-0.05, 0) is 29.3 Å². The van der Waals surface area contributed by atoms with Crippen molar-refractivity contribution in [2.24, 2.45) is 0 Å². The molecule has 0 amide bonds. The van der Waals surface area contributed by atoms with E-state index in [1.165, 1.54) is 0 Å². The molecule has 0 heterocycles. The highest BCUT2D eigenvalue weighted by Gasteiger charge is 2.09. The Balaban J connectivity index is 3.11. The smallest absolute Gasteiger partial charge is 0.106 e. The zero-order valence-corrected chi connectivity index (χ0v) is 14.5. The fraction of sp³-hybridized carbons (Fsp3) is 0.353. The number of thiocarbonyl (C=S) groups is 1. The molecule has 0 aliphatic heterocycles. The fourth-order valence-electron chi connectivity index (χ4n) is 2.00. The number of aliphatic hydroxyl groups excluding tert-OH is 3. The van der Waals surface area contributed by atoms with Crippen LogP contribution in [0.4, 0.5) is 0 Å². The summed E-state index contributed by atoms with van der Waals surface area (Å²) in [6.07, 6.45) is 0. The van der Waals surface area contributed by atoms with Crippen LogP contribution in [0.1, 0.15) is 16.7 Å². The minimum Gasteiger partial charge on any atom is -0.395 e. The van der Waals surface area contributed by atoms with E-state index in [9.17, 15) is 0 Å². The Morgan fingerprint density at radius 1 is 0.750 bits per heavy atom. The summed E-state index contributed by atoms with van der Waals surface area (Å²) < 4.78 is 0. The Labute approximate surface area is 147 Å². The average molecular weight is 351 g/mol. The van der Waals surface area contributed by atoms with Gasteiger partial charge in [0, 0.05) is 36.6 Å². The molecule has 6 N–H and O–H groups in total. The van der Waals surface area contributed by atoms with E-state index in [0.717, 1.165) is 16.7 Å². The second-order valence-electron chi connectivity index (χ2n) is 5.04. The lowest BCUT2D eigenvalue weighted by molar-refractivity contribution is 0.299. The van der Waals surface area contributed by atoms with Crippen LogP contribution in [0.5, 0.6) is 0 Å². The van der Waals surface area contributed by atoms with Gasteiger partial charge >= 0.3 is 0 Å². The number of rotatable bonds is 11. The predicted molar refractivity (Wildman–Crippen MR) is 101 cm³/mol.